The number of carbonyl (C=O) groups is 3. The van der Waals surface area contributed by atoms with E-state index in [1.54, 1.807) is 65.6 Å². The first-order valence-electron chi connectivity index (χ1n) is 12.9. The number of carbonyl (C=O) groups excluding carboxylic acids is 3. The molecule has 1 aliphatic heterocycles. The van der Waals surface area contributed by atoms with E-state index in [2.05, 4.69) is 31.9 Å². The summed E-state index contributed by atoms with van der Waals surface area (Å²) in [4.78, 5) is 43.7. The van der Waals surface area contributed by atoms with Crippen LogP contribution in [0.2, 0.25) is 0 Å². The number of ether oxygens (including phenoxy) is 1. The molecule has 5 aromatic rings. The Hall–Kier alpha value is -4.27. The monoisotopic (exact) mass is 668 g/mol. The number of anilines is 1. The van der Waals surface area contributed by atoms with Crippen molar-refractivity contribution >= 4 is 66.0 Å². The van der Waals surface area contributed by atoms with Crippen molar-refractivity contribution in [1.82, 2.24) is 4.90 Å². The van der Waals surface area contributed by atoms with Crippen LogP contribution in [-0.4, -0.2) is 35.7 Å². The zero-order valence-corrected chi connectivity index (χ0v) is 24.8. The predicted octanol–water partition coefficient (Wildman–Crippen LogP) is 8.10. The van der Waals surface area contributed by atoms with E-state index in [1.807, 2.05) is 48.5 Å². The standard InChI is InChI=1S/C33H22Br2N2O4/c34-22-7-4-6-21(20-22)31(38)36(23-12-14-25(15-13-23)41-24-8-2-1-3-9-24)18-19-37-32(39)27-11-5-10-26-29(35)17-16-28(30(26)27)33(37)40/h1-17,20H,18-19H2. The van der Waals surface area contributed by atoms with Crippen LogP contribution in [0.3, 0.4) is 0 Å². The van der Waals surface area contributed by atoms with Crippen LogP contribution in [0.4, 0.5) is 5.69 Å². The van der Waals surface area contributed by atoms with Gasteiger partial charge in [-0.2, -0.15) is 0 Å². The molecule has 1 heterocycles. The molecule has 0 aliphatic carbocycles. The Balaban J connectivity index is 1.30. The normalized spacial score (nSPS) is 12.5. The first-order valence-corrected chi connectivity index (χ1v) is 14.5. The molecule has 0 atom stereocenters. The van der Waals surface area contributed by atoms with Gasteiger partial charge < -0.3 is 9.64 Å². The van der Waals surface area contributed by atoms with Crippen molar-refractivity contribution in [3.63, 3.8) is 0 Å². The Bertz CT molecular complexity index is 1780. The molecule has 41 heavy (non-hydrogen) atoms. The van der Waals surface area contributed by atoms with E-state index in [0.717, 1.165) is 14.3 Å². The molecule has 0 spiro atoms. The molecule has 0 aromatic heterocycles. The minimum absolute atomic E-state index is 0.0194. The fourth-order valence-corrected chi connectivity index (χ4v) is 5.82. The molecule has 6 rings (SSSR count). The molecule has 8 heteroatoms. The smallest absolute Gasteiger partial charge is 0.261 e. The molecule has 0 saturated heterocycles. The van der Waals surface area contributed by atoms with Crippen LogP contribution in [0, 0.1) is 0 Å². The van der Waals surface area contributed by atoms with Gasteiger partial charge in [0.25, 0.3) is 17.7 Å². The Morgan fingerprint density at radius 1 is 0.732 bits per heavy atom. The van der Waals surface area contributed by atoms with Crippen LogP contribution in [0.5, 0.6) is 11.5 Å². The highest BCUT2D eigenvalue weighted by atomic mass is 79.9. The van der Waals surface area contributed by atoms with Crippen molar-refractivity contribution in [1.29, 1.82) is 0 Å². The number of hydrogen-bond donors (Lipinski definition) is 0. The fourth-order valence-electron chi connectivity index (χ4n) is 4.96. The summed E-state index contributed by atoms with van der Waals surface area (Å²) in [6, 6.07) is 32.7. The summed E-state index contributed by atoms with van der Waals surface area (Å²) < 4.78 is 7.50. The number of hydrogen-bond acceptors (Lipinski definition) is 4. The largest absolute Gasteiger partial charge is 0.457 e. The van der Waals surface area contributed by atoms with Crippen LogP contribution in [-0.2, 0) is 0 Å². The third kappa shape index (κ3) is 5.28. The first-order chi connectivity index (χ1) is 19.9. The third-order valence-corrected chi connectivity index (χ3v) is 8.11. The molecule has 3 amide bonds. The minimum atomic E-state index is -0.382. The third-order valence-electron chi connectivity index (χ3n) is 6.93. The second kappa shape index (κ2) is 11.3. The van der Waals surface area contributed by atoms with Crippen molar-refractivity contribution < 1.29 is 19.1 Å². The maximum atomic E-state index is 13.8. The Kier molecular flexibility index (Phi) is 7.43. The Morgan fingerprint density at radius 3 is 2.15 bits per heavy atom. The van der Waals surface area contributed by atoms with E-state index in [1.165, 1.54) is 4.90 Å². The lowest BCUT2D eigenvalue weighted by molar-refractivity contribution is 0.0611. The van der Waals surface area contributed by atoms with Crippen LogP contribution in [0.1, 0.15) is 31.1 Å². The first kappa shape index (κ1) is 26.9. The van der Waals surface area contributed by atoms with Crippen molar-refractivity contribution in [2.45, 2.75) is 0 Å². The quantitative estimate of drug-likeness (QED) is 0.164. The van der Waals surface area contributed by atoms with Gasteiger partial charge in [0.2, 0.25) is 0 Å². The molecule has 0 saturated carbocycles. The molecule has 6 nitrogen and oxygen atoms in total. The number of para-hydroxylation sites is 1. The zero-order chi connectivity index (χ0) is 28.5. The fraction of sp³-hybridized carbons (Fsp3) is 0.0606. The summed E-state index contributed by atoms with van der Waals surface area (Å²) >= 11 is 6.96. The van der Waals surface area contributed by atoms with Gasteiger partial charge in [0.1, 0.15) is 11.5 Å². The van der Waals surface area contributed by atoms with E-state index in [9.17, 15) is 14.4 Å². The number of nitrogens with zero attached hydrogens (tertiary/aromatic N) is 2. The van der Waals surface area contributed by atoms with Crippen LogP contribution >= 0.6 is 31.9 Å². The summed E-state index contributed by atoms with van der Waals surface area (Å²) in [6.07, 6.45) is 0. The van der Waals surface area contributed by atoms with Gasteiger partial charge in [-0.15, -0.1) is 0 Å². The maximum Gasteiger partial charge on any atom is 0.261 e. The van der Waals surface area contributed by atoms with Crippen molar-refractivity contribution in [2.24, 2.45) is 0 Å². The molecule has 202 valence electrons. The summed E-state index contributed by atoms with van der Waals surface area (Å²) in [5.41, 5.74) is 2.01. The van der Waals surface area contributed by atoms with Crippen LogP contribution < -0.4 is 9.64 Å². The topological polar surface area (TPSA) is 66.9 Å². The molecule has 0 fully saturated rings. The van der Waals surface area contributed by atoms with Gasteiger partial charge in [-0.1, -0.05) is 68.3 Å². The van der Waals surface area contributed by atoms with Gasteiger partial charge in [-0.3, -0.25) is 19.3 Å². The van der Waals surface area contributed by atoms with Gasteiger partial charge >= 0.3 is 0 Å². The summed E-state index contributed by atoms with van der Waals surface area (Å²) in [7, 11) is 0. The average Bonchev–Trinajstić information content (AvgIpc) is 2.99. The molecule has 0 bridgehead atoms. The van der Waals surface area contributed by atoms with Crippen molar-refractivity contribution in [2.75, 3.05) is 18.0 Å². The van der Waals surface area contributed by atoms with E-state index in [-0.39, 0.29) is 30.8 Å². The Morgan fingerprint density at radius 2 is 1.41 bits per heavy atom. The van der Waals surface area contributed by atoms with Gasteiger partial charge in [0.05, 0.1) is 0 Å². The number of rotatable bonds is 7. The van der Waals surface area contributed by atoms with Crippen LogP contribution in [0.15, 0.2) is 118 Å². The lowest BCUT2D eigenvalue weighted by Gasteiger charge is -2.30. The summed E-state index contributed by atoms with van der Waals surface area (Å²) in [6.45, 7) is 0.120. The highest BCUT2D eigenvalue weighted by Crippen LogP contribution is 2.34. The second-order valence-corrected chi connectivity index (χ2v) is 11.2. The SMILES string of the molecule is O=C1c2cccc3c(Br)ccc(c23)C(=O)N1CCN(C(=O)c1cccc(Br)c1)c1ccc(Oc2ccccc2)cc1. The Labute approximate surface area is 253 Å². The second-order valence-electron chi connectivity index (χ2n) is 9.46. The van der Waals surface area contributed by atoms with E-state index >= 15 is 0 Å². The number of amides is 3. The molecule has 1 aliphatic rings. The van der Waals surface area contributed by atoms with Gasteiger partial charge in [0, 0.05) is 49.8 Å². The van der Waals surface area contributed by atoms with Crippen molar-refractivity contribution in [3.05, 3.63) is 135 Å². The summed E-state index contributed by atoms with van der Waals surface area (Å²) in [5.74, 6) is 0.297. The predicted molar refractivity (Wildman–Crippen MR) is 166 cm³/mol. The molecular formula is C33H22Br2N2O4. The minimum Gasteiger partial charge on any atom is -0.457 e. The average molecular weight is 670 g/mol. The maximum absolute atomic E-state index is 13.8. The van der Waals surface area contributed by atoms with Crippen molar-refractivity contribution in [3.8, 4) is 11.5 Å². The van der Waals surface area contributed by atoms with Crippen LogP contribution in [0.25, 0.3) is 10.8 Å². The van der Waals surface area contributed by atoms with Gasteiger partial charge in [0.15, 0.2) is 0 Å². The lowest BCUT2D eigenvalue weighted by Crippen LogP contribution is -2.46. The van der Waals surface area contributed by atoms with E-state index < -0.39 is 0 Å². The highest BCUT2D eigenvalue weighted by molar-refractivity contribution is 9.11. The zero-order valence-electron chi connectivity index (χ0n) is 21.6. The van der Waals surface area contributed by atoms with E-state index in [4.69, 9.17) is 4.74 Å². The molecule has 0 N–H and O–H groups in total. The molecule has 0 radical (unpaired) electrons. The van der Waals surface area contributed by atoms with Gasteiger partial charge in [-0.25, -0.2) is 0 Å². The highest BCUT2D eigenvalue weighted by Gasteiger charge is 2.34. The van der Waals surface area contributed by atoms with Gasteiger partial charge in [-0.05, 0) is 78.2 Å². The number of imide groups is 1. The van der Waals surface area contributed by atoms with E-state index in [0.29, 0.717) is 39.3 Å². The molecule has 5 aromatic carbocycles. The lowest BCUT2D eigenvalue weighted by atomic mass is 9.94. The number of halogens is 2. The molecule has 0 unspecified atom stereocenters. The number of benzene rings is 5. The summed E-state index contributed by atoms with van der Waals surface area (Å²) in [5, 5.41) is 1.45. The molecular weight excluding hydrogens is 648 g/mol.